The van der Waals surface area contributed by atoms with Gasteiger partial charge in [-0.05, 0) is 43.1 Å². The summed E-state index contributed by atoms with van der Waals surface area (Å²) in [6.45, 7) is 9.10. The van der Waals surface area contributed by atoms with Gasteiger partial charge in [-0.1, -0.05) is 59.6 Å². The maximum atomic E-state index is 6.20. The maximum Gasteiger partial charge on any atom is 0.162 e. The summed E-state index contributed by atoms with van der Waals surface area (Å²) >= 11 is 9.84. The van der Waals surface area contributed by atoms with E-state index in [0.717, 1.165) is 34.4 Å². The Morgan fingerprint density at radius 2 is 1.80 bits per heavy atom. The van der Waals surface area contributed by atoms with E-state index in [1.165, 1.54) is 0 Å². The van der Waals surface area contributed by atoms with Crippen molar-refractivity contribution < 1.29 is 9.47 Å². The molecule has 25 heavy (non-hydrogen) atoms. The van der Waals surface area contributed by atoms with Crippen LogP contribution in [-0.4, -0.2) is 13.2 Å². The first-order valence-corrected chi connectivity index (χ1v) is 9.70. The van der Waals surface area contributed by atoms with E-state index < -0.39 is 0 Å². The molecule has 0 aliphatic heterocycles. The minimum atomic E-state index is 0.400. The minimum Gasteiger partial charge on any atom is -0.490 e. The third kappa shape index (κ3) is 6.21. The van der Waals surface area contributed by atoms with Crippen molar-refractivity contribution in [1.82, 2.24) is 5.32 Å². The summed E-state index contributed by atoms with van der Waals surface area (Å²) < 4.78 is 12.7. The van der Waals surface area contributed by atoms with Crippen molar-refractivity contribution in [3.8, 4) is 11.5 Å². The number of benzene rings is 2. The fourth-order valence-electron chi connectivity index (χ4n) is 2.36. The summed E-state index contributed by atoms with van der Waals surface area (Å²) in [5.74, 6) is 2.07. The minimum absolute atomic E-state index is 0.400. The van der Waals surface area contributed by atoms with Gasteiger partial charge >= 0.3 is 0 Å². The number of halogens is 2. The Bertz CT molecular complexity index is 691. The Morgan fingerprint density at radius 3 is 2.48 bits per heavy atom. The van der Waals surface area contributed by atoms with Gasteiger partial charge in [-0.3, -0.25) is 0 Å². The highest BCUT2D eigenvalue weighted by Crippen LogP contribution is 2.34. The fraction of sp³-hybridized carbons (Fsp3) is 0.400. The quantitative estimate of drug-likeness (QED) is 0.547. The van der Waals surface area contributed by atoms with Crippen LogP contribution in [0.2, 0.25) is 5.02 Å². The van der Waals surface area contributed by atoms with Crippen LogP contribution in [0.1, 0.15) is 31.9 Å². The SMILES string of the molecule is CCOc1cc(CNCC(C)C)c(Br)cc1OCc1ccccc1Cl. The third-order valence-corrected chi connectivity index (χ3v) is 4.73. The van der Waals surface area contributed by atoms with Crippen molar-refractivity contribution in [1.29, 1.82) is 0 Å². The molecule has 0 heterocycles. The normalized spacial score (nSPS) is 11.0. The topological polar surface area (TPSA) is 30.5 Å². The highest BCUT2D eigenvalue weighted by molar-refractivity contribution is 9.10. The molecule has 0 aliphatic rings. The van der Waals surface area contributed by atoms with Crippen LogP contribution >= 0.6 is 27.5 Å². The van der Waals surface area contributed by atoms with Crippen LogP contribution in [0.5, 0.6) is 11.5 Å². The molecular formula is C20H25BrClNO2. The summed E-state index contributed by atoms with van der Waals surface area (Å²) in [7, 11) is 0. The molecule has 0 amide bonds. The summed E-state index contributed by atoms with van der Waals surface area (Å²) in [6, 6.07) is 11.7. The predicted octanol–water partition coefficient (Wildman–Crippen LogP) is 5.83. The van der Waals surface area contributed by atoms with Crippen LogP contribution in [-0.2, 0) is 13.2 Å². The number of hydrogen-bond donors (Lipinski definition) is 1. The maximum absolute atomic E-state index is 6.20. The molecule has 0 unspecified atom stereocenters. The molecule has 2 aromatic rings. The molecule has 0 radical (unpaired) electrons. The van der Waals surface area contributed by atoms with Crippen molar-refractivity contribution in [2.45, 2.75) is 33.9 Å². The molecule has 3 nitrogen and oxygen atoms in total. The van der Waals surface area contributed by atoms with Crippen LogP contribution < -0.4 is 14.8 Å². The molecule has 2 aromatic carbocycles. The van der Waals surface area contributed by atoms with Gasteiger partial charge in [0.2, 0.25) is 0 Å². The van der Waals surface area contributed by atoms with Crippen molar-refractivity contribution in [2.24, 2.45) is 5.92 Å². The lowest BCUT2D eigenvalue weighted by Crippen LogP contribution is -2.19. The van der Waals surface area contributed by atoms with Gasteiger partial charge in [0.15, 0.2) is 11.5 Å². The molecule has 136 valence electrons. The summed E-state index contributed by atoms with van der Waals surface area (Å²) in [4.78, 5) is 0. The molecule has 0 spiro atoms. The summed E-state index contributed by atoms with van der Waals surface area (Å²) in [6.07, 6.45) is 0. The molecule has 1 N–H and O–H groups in total. The summed E-state index contributed by atoms with van der Waals surface area (Å²) in [5.41, 5.74) is 2.10. The van der Waals surface area contributed by atoms with Gasteiger partial charge in [-0.2, -0.15) is 0 Å². The lowest BCUT2D eigenvalue weighted by Gasteiger charge is -2.16. The molecule has 2 rings (SSSR count). The summed E-state index contributed by atoms with van der Waals surface area (Å²) in [5, 5.41) is 4.16. The van der Waals surface area contributed by atoms with Gasteiger partial charge < -0.3 is 14.8 Å². The van der Waals surface area contributed by atoms with Crippen molar-refractivity contribution >= 4 is 27.5 Å². The molecule has 0 fully saturated rings. The number of rotatable bonds is 9. The highest BCUT2D eigenvalue weighted by Gasteiger charge is 2.12. The fourth-order valence-corrected chi connectivity index (χ4v) is 3.01. The second-order valence-corrected chi connectivity index (χ2v) is 7.49. The monoisotopic (exact) mass is 425 g/mol. The van der Waals surface area contributed by atoms with Crippen molar-refractivity contribution in [2.75, 3.05) is 13.2 Å². The van der Waals surface area contributed by atoms with Gasteiger partial charge in [-0.15, -0.1) is 0 Å². The Balaban J connectivity index is 2.13. The lowest BCUT2D eigenvalue weighted by molar-refractivity contribution is 0.269. The first kappa shape index (κ1) is 20.1. The second-order valence-electron chi connectivity index (χ2n) is 6.23. The van der Waals surface area contributed by atoms with E-state index >= 15 is 0 Å². The van der Waals surface area contributed by atoms with Crippen LogP contribution in [0, 0.1) is 5.92 Å². The zero-order valence-electron chi connectivity index (χ0n) is 14.9. The van der Waals surface area contributed by atoms with Gasteiger partial charge in [0.05, 0.1) is 6.61 Å². The highest BCUT2D eigenvalue weighted by atomic mass is 79.9. The molecule has 5 heteroatoms. The van der Waals surface area contributed by atoms with Gasteiger partial charge in [-0.25, -0.2) is 0 Å². The van der Waals surface area contributed by atoms with E-state index in [9.17, 15) is 0 Å². The van der Waals surface area contributed by atoms with E-state index in [0.29, 0.717) is 29.9 Å². The van der Waals surface area contributed by atoms with Gasteiger partial charge in [0.1, 0.15) is 6.61 Å². The average Bonchev–Trinajstić information content (AvgIpc) is 2.57. The number of hydrogen-bond acceptors (Lipinski definition) is 3. The van der Waals surface area contributed by atoms with Crippen molar-refractivity contribution in [3.63, 3.8) is 0 Å². The Labute approximate surface area is 163 Å². The van der Waals surface area contributed by atoms with E-state index in [-0.39, 0.29) is 0 Å². The molecular weight excluding hydrogens is 402 g/mol. The van der Waals surface area contributed by atoms with E-state index in [2.05, 4.69) is 35.1 Å². The number of ether oxygens (including phenoxy) is 2. The van der Waals surface area contributed by atoms with Crippen molar-refractivity contribution in [3.05, 3.63) is 57.0 Å². The molecule has 0 saturated carbocycles. The number of nitrogens with one attached hydrogen (secondary N) is 1. The Morgan fingerprint density at radius 1 is 1.08 bits per heavy atom. The zero-order chi connectivity index (χ0) is 18.2. The Hall–Kier alpha value is -1.23. The molecule has 0 saturated heterocycles. The van der Waals surface area contributed by atoms with E-state index in [1.807, 2.05) is 43.3 Å². The molecule has 0 bridgehead atoms. The van der Waals surface area contributed by atoms with Crippen LogP contribution in [0.15, 0.2) is 40.9 Å². The Kier molecular flexibility index (Phi) is 8.07. The smallest absolute Gasteiger partial charge is 0.162 e. The van der Waals surface area contributed by atoms with E-state index in [4.69, 9.17) is 21.1 Å². The van der Waals surface area contributed by atoms with Crippen LogP contribution in [0.25, 0.3) is 0 Å². The predicted molar refractivity (Wildman–Crippen MR) is 108 cm³/mol. The van der Waals surface area contributed by atoms with Gasteiger partial charge in [0.25, 0.3) is 0 Å². The van der Waals surface area contributed by atoms with E-state index in [1.54, 1.807) is 0 Å². The molecule has 0 aromatic heterocycles. The first-order valence-electron chi connectivity index (χ1n) is 8.53. The molecule has 0 aliphatic carbocycles. The van der Waals surface area contributed by atoms with Crippen LogP contribution in [0.4, 0.5) is 0 Å². The molecule has 0 atom stereocenters. The largest absolute Gasteiger partial charge is 0.490 e. The first-order chi connectivity index (χ1) is 12.0. The van der Waals surface area contributed by atoms with Crippen LogP contribution in [0.3, 0.4) is 0 Å². The standard InChI is InChI=1S/C20H25BrClNO2/c1-4-24-19-9-16(12-23-11-14(2)3)17(21)10-20(19)25-13-15-7-5-6-8-18(15)22/h5-10,14,23H,4,11-13H2,1-3H3. The van der Waals surface area contributed by atoms with Gasteiger partial charge in [0, 0.05) is 21.6 Å². The average molecular weight is 427 g/mol. The third-order valence-electron chi connectivity index (χ3n) is 3.62. The second kappa shape index (κ2) is 10.0. The lowest BCUT2D eigenvalue weighted by atomic mass is 10.1. The zero-order valence-corrected chi connectivity index (χ0v) is 17.3.